The van der Waals surface area contributed by atoms with Crippen LogP contribution in [-0.2, 0) is 87.0 Å². The van der Waals surface area contributed by atoms with Gasteiger partial charge in [0.15, 0.2) is 50.3 Å². The molecule has 41 nitrogen and oxygen atoms in total. The molecule has 0 amide bonds. The van der Waals surface area contributed by atoms with Gasteiger partial charge in [-0.05, 0) is 24.1 Å². The van der Waals surface area contributed by atoms with Crippen molar-refractivity contribution < 1.29 is 203 Å². The van der Waals surface area contributed by atoms with Crippen molar-refractivity contribution in [1.29, 1.82) is 0 Å². The number of aliphatic hydroxyl groups is 23. The molecule has 40 atom stereocenters. The van der Waals surface area contributed by atoms with Crippen molar-refractivity contribution >= 4 is 17.7 Å². The fourth-order valence-corrected chi connectivity index (χ4v) is 14.1. The summed E-state index contributed by atoms with van der Waals surface area (Å²) < 4.78 is 93.2. The second-order valence-corrected chi connectivity index (χ2v) is 26.2. The topological polar surface area (TPSA) is 650 Å². The molecule has 31 rings (SSSR count). The fourth-order valence-electron chi connectivity index (χ4n) is 13.1. The highest BCUT2D eigenvalue weighted by atomic mass is 32.2. The van der Waals surface area contributed by atoms with Crippen LogP contribution in [0.5, 0.6) is 0 Å². The number of aliphatic carboxylic acids is 1. The lowest BCUT2D eigenvalue weighted by Gasteiger charge is -2.50. The molecule has 0 aromatic heterocycles. The second-order valence-electron chi connectivity index (χ2n) is 25.1. The lowest BCUT2D eigenvalue weighted by atomic mass is 9.95. The zero-order chi connectivity index (χ0) is 71.7. The van der Waals surface area contributed by atoms with Crippen molar-refractivity contribution in [1.82, 2.24) is 0 Å². The van der Waals surface area contributed by atoms with Crippen LogP contribution < -0.4 is 0 Å². The lowest BCUT2D eigenvalue weighted by Crippen LogP contribution is -2.69. The highest BCUT2D eigenvalue weighted by Crippen LogP contribution is 2.41. The van der Waals surface area contributed by atoms with Gasteiger partial charge in [0.05, 0.1) is 52.4 Å². The summed E-state index contributed by atoms with van der Waals surface area (Å²) in [5.41, 5.74) is 0.589. The van der Waals surface area contributed by atoms with Crippen molar-refractivity contribution in [2.24, 2.45) is 0 Å². The van der Waals surface area contributed by atoms with Gasteiger partial charge >= 0.3 is 5.97 Å². The van der Waals surface area contributed by atoms with Crippen molar-refractivity contribution in [3.63, 3.8) is 0 Å². The number of carboxylic acids is 1. The van der Waals surface area contributed by atoms with E-state index in [0.717, 1.165) is 11.8 Å². The van der Waals surface area contributed by atoms with E-state index in [2.05, 4.69) is 0 Å². The van der Waals surface area contributed by atoms with E-state index < -0.39 is 298 Å². The molecule has 0 radical (unpaired) electrons. The van der Waals surface area contributed by atoms with Gasteiger partial charge in [-0.15, -0.1) is 11.8 Å². The number of rotatable bonds is 13. The van der Waals surface area contributed by atoms with Crippen LogP contribution in [0.25, 0.3) is 0 Å². The number of aliphatic hydroxyl groups excluding tert-OH is 23. The molecule has 24 N–H and O–H groups in total. The number of thioether (sulfide) groups is 1. The van der Waals surface area contributed by atoms with Gasteiger partial charge in [-0.3, -0.25) is 4.79 Å². The van der Waals surface area contributed by atoms with E-state index in [1.54, 1.807) is 24.3 Å². The van der Waals surface area contributed by atoms with Crippen molar-refractivity contribution in [3.8, 4) is 0 Å². The maximum atomic E-state index is 12.0. The Labute approximate surface area is 564 Å². The third-order valence-corrected chi connectivity index (χ3v) is 19.7. The molecule has 30 saturated heterocycles. The van der Waals surface area contributed by atoms with Gasteiger partial charge in [0, 0.05) is 17.1 Å². The number of carbonyl (C=O) groups is 1. The minimum Gasteiger partial charge on any atom is -0.481 e. The molecule has 99 heavy (non-hydrogen) atoms. The minimum atomic E-state index is -2.27. The summed E-state index contributed by atoms with van der Waals surface area (Å²) in [6.07, 6.45) is -82.2. The average Bonchev–Trinajstić information content (AvgIpc) is 0.780. The molecule has 42 heteroatoms. The zero-order valence-electron chi connectivity index (χ0n) is 52.1. The summed E-state index contributed by atoms with van der Waals surface area (Å²) in [5.74, 6) is -1.36. The molecule has 0 spiro atoms. The Balaban J connectivity index is 0.933. The number of benzene rings is 1. The number of ether oxygens (including phenoxy) is 16. The van der Waals surface area contributed by atoms with E-state index in [9.17, 15) is 127 Å². The molecular formula is C57H88O41S. The van der Waals surface area contributed by atoms with Gasteiger partial charge < -0.3 is 198 Å². The predicted octanol–water partition coefficient (Wildman–Crippen LogP) is -14.6. The van der Waals surface area contributed by atoms with Crippen LogP contribution in [0.4, 0.5) is 0 Å². The van der Waals surface area contributed by atoms with Gasteiger partial charge in [-0.25, -0.2) is 0 Å². The normalized spacial score (nSPS) is 50.5. The molecule has 0 unspecified atom stereocenters. The van der Waals surface area contributed by atoms with Crippen LogP contribution in [0.1, 0.15) is 12.0 Å². The quantitative estimate of drug-likeness (QED) is 0.0816. The molecule has 568 valence electrons. The largest absolute Gasteiger partial charge is 0.481 e. The third-order valence-electron chi connectivity index (χ3n) is 18.7. The van der Waals surface area contributed by atoms with E-state index in [1.807, 2.05) is 0 Å². The van der Waals surface area contributed by atoms with Crippen LogP contribution >= 0.6 is 11.8 Å². The lowest BCUT2D eigenvalue weighted by molar-refractivity contribution is -0.403. The molecule has 16 bridgehead atoms. The predicted molar refractivity (Wildman–Crippen MR) is 307 cm³/mol. The van der Waals surface area contributed by atoms with E-state index in [1.165, 1.54) is 0 Å². The molecule has 30 fully saturated rings. The Bertz CT molecular complexity index is 2670. The van der Waals surface area contributed by atoms with Gasteiger partial charge in [-0.1, -0.05) is 12.1 Å². The summed E-state index contributed by atoms with van der Waals surface area (Å²) >= 11 is 1.02. The van der Waals surface area contributed by atoms with Crippen LogP contribution in [0.15, 0.2) is 29.2 Å². The van der Waals surface area contributed by atoms with Crippen LogP contribution in [0.3, 0.4) is 0 Å². The summed E-state index contributed by atoms with van der Waals surface area (Å²) in [4.78, 5) is 11.9. The zero-order valence-corrected chi connectivity index (χ0v) is 52.9. The number of hydrogen-bond acceptors (Lipinski definition) is 41. The first-order chi connectivity index (χ1) is 47.2. The maximum Gasteiger partial charge on any atom is 0.303 e. The Morgan fingerprint density at radius 1 is 0.293 bits per heavy atom. The summed E-state index contributed by atoms with van der Waals surface area (Å²) in [5, 5.41) is 268. The number of carboxylic acid groups (broad SMARTS) is 1. The molecule has 0 aliphatic carbocycles. The van der Waals surface area contributed by atoms with Crippen molar-refractivity contribution in [3.05, 3.63) is 29.8 Å². The van der Waals surface area contributed by atoms with E-state index in [-0.39, 0.29) is 18.6 Å². The molecule has 30 heterocycles. The maximum absolute atomic E-state index is 12.0. The Morgan fingerprint density at radius 2 is 0.495 bits per heavy atom. The first kappa shape index (κ1) is 79.1. The van der Waals surface area contributed by atoms with Crippen LogP contribution in [-0.4, -0.2) is 426 Å². The van der Waals surface area contributed by atoms with Gasteiger partial charge in [0.1, 0.15) is 189 Å². The Morgan fingerprint density at radius 3 is 0.697 bits per heavy atom. The molecule has 1 aromatic carbocycles. The summed E-state index contributed by atoms with van der Waals surface area (Å²) in [6, 6.07) is 6.54. The van der Waals surface area contributed by atoms with Gasteiger partial charge in [0.2, 0.25) is 0 Å². The SMILES string of the molecule is O=C(O)CCc1cccc(SC[C@H]2O[C@@H]3O[C@H]4[C@H](O)[C@@H](O)[C@@H](O[C@H]5[C@H](O)[C@@H](O)[C@@H](O[C@H]6[C@H](O)[C@@H](O)[C@@H](O[C@H]7[C@H](O)[C@@H](O)[C@@H](O[C@H]8[C@@H](O)[C@H](O)[C@@H](O[C@H]9[C@H](O)[C@@H](O)[C@@H](O[C@H]%10[C@@H](O)[C@@H](O)[C@@H](O[C@H]2[C@H](O)[C@H]3O)O[C@@H]%10CO)O[C@@H]9CO)O[C@@H]8CO)O[C@@H]7CO)O[C@@H]6CO)O[C@@H]5CO)O[C@@H]4CO)c1. The summed E-state index contributed by atoms with van der Waals surface area (Å²) in [6.45, 7) is -7.62. The molecule has 0 saturated carbocycles. The smallest absolute Gasteiger partial charge is 0.303 e. The number of aryl methyl sites for hydroxylation is 1. The highest BCUT2D eigenvalue weighted by Gasteiger charge is 2.60. The van der Waals surface area contributed by atoms with Crippen molar-refractivity contribution in [2.75, 3.05) is 52.0 Å². The van der Waals surface area contributed by atoms with Crippen LogP contribution in [0, 0.1) is 0 Å². The van der Waals surface area contributed by atoms with Crippen molar-refractivity contribution in [2.45, 2.75) is 263 Å². The molecule has 30 aliphatic heterocycles. The van der Waals surface area contributed by atoms with Gasteiger partial charge in [-0.2, -0.15) is 0 Å². The molecule has 1 aromatic rings. The van der Waals surface area contributed by atoms with E-state index in [0.29, 0.717) is 10.5 Å². The van der Waals surface area contributed by atoms with Gasteiger partial charge in [0.25, 0.3) is 0 Å². The fraction of sp³-hybridized carbons (Fsp3) is 0.877. The minimum absolute atomic E-state index is 0.114. The summed E-state index contributed by atoms with van der Waals surface area (Å²) in [7, 11) is 0. The monoisotopic (exact) mass is 1460 g/mol. The first-order valence-electron chi connectivity index (χ1n) is 31.8. The van der Waals surface area contributed by atoms with Crippen LogP contribution in [0.2, 0.25) is 0 Å². The Hall–Kier alpha value is -2.52. The second kappa shape index (κ2) is 34.4. The number of hydrogen-bond donors (Lipinski definition) is 24. The molecule has 30 aliphatic rings. The Kier molecular flexibility index (Phi) is 27.4. The van der Waals surface area contributed by atoms with E-state index in [4.69, 9.17) is 75.8 Å². The highest BCUT2D eigenvalue weighted by molar-refractivity contribution is 7.99. The first-order valence-corrected chi connectivity index (χ1v) is 32.8. The molecular weight excluding hydrogens is 1370 g/mol. The standard InChI is InChI=1S/C57H88O41S/c58-7-17-42-26(67)34(75)50(83-17)92-43-18(8-59)85-52(36(77)28(43)69)94-45-20(10-61)87-54(38(79)30(45)71)96-47-22(12-63)89-56(40(81)32(47)73)98-49-24(14-99-16-3-1-2-15(6-16)4-5-25(65)66)90-57(41(82)33(49)74)97-48-23(13-64)88-55(39(80)31(48)72)95-46-21(11-62)86-53(37(78)29(46)70)93-44-19(9-60)84-51(91-42)35(76)27(44)68/h1-3,6,17-24,26-64,67-82H,4-5,7-14H2,(H,65,66)/t17-,18-,19-,20-,21-,22-,23-,24-,26-,27-,28+,29-,30-,31-,32+,33-,34-,35-,36+,37-,38-,39-,40-,41-,42-,43-,44-,45-,46-,47-,48-,49-,50-,51-,52-,53-,54-,55-,56-,57-/m1/s1. The third kappa shape index (κ3) is 16.7. The van der Waals surface area contributed by atoms with E-state index >= 15 is 0 Å². The average molecular weight is 1460 g/mol.